The lowest BCUT2D eigenvalue weighted by atomic mass is 10.1. The molecule has 0 aliphatic heterocycles. The van der Waals surface area contributed by atoms with Crippen molar-refractivity contribution in [3.63, 3.8) is 0 Å². The number of imidazole rings is 1. The topological polar surface area (TPSA) is 20.7 Å². The number of aromatic amines is 1. The van der Waals surface area contributed by atoms with E-state index < -0.39 is 0 Å². The van der Waals surface area contributed by atoms with E-state index in [9.17, 15) is 0 Å². The molecule has 0 amide bonds. The summed E-state index contributed by atoms with van der Waals surface area (Å²) in [6.45, 7) is 0. The van der Waals surface area contributed by atoms with Crippen LogP contribution in [-0.4, -0.2) is 9.55 Å². The summed E-state index contributed by atoms with van der Waals surface area (Å²) in [6, 6.07) is 6.48. The second-order valence-corrected chi connectivity index (χ2v) is 5.93. The summed E-state index contributed by atoms with van der Waals surface area (Å²) < 4.78 is 3.11. The van der Waals surface area contributed by atoms with E-state index in [-0.39, 0.29) is 0 Å². The highest BCUT2D eigenvalue weighted by atomic mass is 35.5. The Hall–Kier alpha value is -0.800. The van der Waals surface area contributed by atoms with Crippen LogP contribution in [0.1, 0.15) is 44.6 Å². The standard InChI is InChI=1S/C14H17ClN2S/c15-10-7-8-12-13(9-10)17(14(18)16-12)11-5-3-1-2-4-6-11/h7-9,11H,1-6H2,(H,16,18). The first-order chi connectivity index (χ1) is 8.75. The average molecular weight is 281 g/mol. The molecule has 2 aromatic rings. The first kappa shape index (κ1) is 12.2. The lowest BCUT2D eigenvalue weighted by Gasteiger charge is -2.17. The van der Waals surface area contributed by atoms with Gasteiger partial charge in [-0.15, -0.1) is 0 Å². The van der Waals surface area contributed by atoms with Gasteiger partial charge in [0.25, 0.3) is 0 Å². The van der Waals surface area contributed by atoms with Gasteiger partial charge in [-0.2, -0.15) is 0 Å². The van der Waals surface area contributed by atoms with Crippen LogP contribution in [0.2, 0.25) is 5.02 Å². The Morgan fingerprint density at radius 1 is 1.17 bits per heavy atom. The summed E-state index contributed by atoms with van der Waals surface area (Å²) in [5.74, 6) is 0. The molecule has 0 spiro atoms. The Bertz CT molecular complexity index is 606. The molecule has 1 saturated carbocycles. The number of nitrogens with one attached hydrogen (secondary N) is 1. The molecule has 1 aromatic carbocycles. The molecule has 96 valence electrons. The number of rotatable bonds is 1. The van der Waals surface area contributed by atoms with E-state index in [0.29, 0.717) is 6.04 Å². The molecule has 1 fully saturated rings. The largest absolute Gasteiger partial charge is 0.331 e. The van der Waals surface area contributed by atoms with Gasteiger partial charge in [-0.25, -0.2) is 0 Å². The maximum absolute atomic E-state index is 6.11. The lowest BCUT2D eigenvalue weighted by molar-refractivity contribution is 0.450. The van der Waals surface area contributed by atoms with Crippen molar-refractivity contribution >= 4 is 34.9 Å². The quantitative estimate of drug-likeness (QED) is 0.559. The molecule has 4 heteroatoms. The van der Waals surface area contributed by atoms with Crippen molar-refractivity contribution in [1.29, 1.82) is 0 Å². The maximum Gasteiger partial charge on any atom is 0.178 e. The van der Waals surface area contributed by atoms with Crippen molar-refractivity contribution in [3.8, 4) is 0 Å². The summed E-state index contributed by atoms with van der Waals surface area (Å²) in [4.78, 5) is 3.29. The van der Waals surface area contributed by atoms with Gasteiger partial charge >= 0.3 is 0 Å². The fourth-order valence-corrected chi connectivity index (χ4v) is 3.50. The minimum absolute atomic E-state index is 0.534. The summed E-state index contributed by atoms with van der Waals surface area (Å²) in [7, 11) is 0. The summed E-state index contributed by atoms with van der Waals surface area (Å²) >= 11 is 11.6. The van der Waals surface area contributed by atoms with Crippen LogP contribution in [0.15, 0.2) is 18.2 Å². The molecular formula is C14H17ClN2S. The fourth-order valence-electron chi connectivity index (χ4n) is 2.97. The number of aromatic nitrogens is 2. The number of halogens is 1. The van der Waals surface area contributed by atoms with E-state index in [1.165, 1.54) is 38.5 Å². The number of hydrogen-bond donors (Lipinski definition) is 1. The van der Waals surface area contributed by atoms with E-state index >= 15 is 0 Å². The van der Waals surface area contributed by atoms with Gasteiger partial charge in [0, 0.05) is 11.1 Å². The number of nitrogens with zero attached hydrogens (tertiary/aromatic N) is 1. The minimum Gasteiger partial charge on any atom is -0.331 e. The van der Waals surface area contributed by atoms with Crippen molar-refractivity contribution in [2.24, 2.45) is 0 Å². The first-order valence-corrected chi connectivity index (χ1v) is 7.44. The molecule has 0 bridgehead atoms. The third kappa shape index (κ3) is 2.21. The summed E-state index contributed by atoms with van der Waals surface area (Å²) in [5.41, 5.74) is 2.24. The Labute approximate surface area is 117 Å². The van der Waals surface area contributed by atoms with E-state index in [0.717, 1.165) is 20.8 Å². The van der Waals surface area contributed by atoms with Crippen LogP contribution in [0.3, 0.4) is 0 Å². The average Bonchev–Trinajstić information content (AvgIpc) is 2.55. The highest BCUT2D eigenvalue weighted by Crippen LogP contribution is 2.31. The van der Waals surface area contributed by atoms with Crippen LogP contribution in [0, 0.1) is 4.77 Å². The molecular weight excluding hydrogens is 264 g/mol. The summed E-state index contributed by atoms with van der Waals surface area (Å²) in [5, 5.41) is 0.777. The second-order valence-electron chi connectivity index (χ2n) is 5.11. The predicted molar refractivity (Wildman–Crippen MR) is 78.9 cm³/mol. The maximum atomic E-state index is 6.11. The Kier molecular flexibility index (Phi) is 3.44. The van der Waals surface area contributed by atoms with Gasteiger partial charge in [-0.3, -0.25) is 0 Å². The van der Waals surface area contributed by atoms with Gasteiger partial charge in [-0.05, 0) is 43.3 Å². The lowest BCUT2D eigenvalue weighted by Crippen LogP contribution is -2.08. The van der Waals surface area contributed by atoms with Gasteiger partial charge in [-0.1, -0.05) is 37.3 Å². The van der Waals surface area contributed by atoms with Crippen LogP contribution in [0.25, 0.3) is 11.0 Å². The van der Waals surface area contributed by atoms with Crippen molar-refractivity contribution in [2.75, 3.05) is 0 Å². The second kappa shape index (κ2) is 5.06. The predicted octanol–water partition coefficient (Wildman–Crippen LogP) is 5.25. The van der Waals surface area contributed by atoms with Gasteiger partial charge in [0.2, 0.25) is 0 Å². The molecule has 0 atom stereocenters. The zero-order valence-electron chi connectivity index (χ0n) is 10.3. The molecule has 0 unspecified atom stereocenters. The van der Waals surface area contributed by atoms with E-state index in [2.05, 4.69) is 9.55 Å². The smallest absolute Gasteiger partial charge is 0.178 e. The fraction of sp³-hybridized carbons (Fsp3) is 0.500. The van der Waals surface area contributed by atoms with E-state index in [1.54, 1.807) is 0 Å². The summed E-state index contributed by atoms with van der Waals surface area (Å²) in [6.07, 6.45) is 7.78. The zero-order chi connectivity index (χ0) is 12.5. The molecule has 1 N–H and O–H groups in total. The molecule has 1 aliphatic carbocycles. The number of benzene rings is 1. The SMILES string of the molecule is S=c1[nH]c2ccc(Cl)cc2n1C1CCCCCC1. The zero-order valence-corrected chi connectivity index (χ0v) is 11.9. The Balaban J connectivity index is 2.11. The van der Waals surface area contributed by atoms with Crippen LogP contribution in [-0.2, 0) is 0 Å². The third-order valence-electron chi connectivity index (χ3n) is 3.87. The number of fused-ring (bicyclic) bond motifs is 1. The van der Waals surface area contributed by atoms with Crippen molar-refractivity contribution in [2.45, 2.75) is 44.6 Å². The van der Waals surface area contributed by atoms with Crippen LogP contribution in [0.4, 0.5) is 0 Å². The normalized spacial score (nSPS) is 18.1. The molecule has 0 radical (unpaired) electrons. The van der Waals surface area contributed by atoms with Gasteiger partial charge in [0.05, 0.1) is 11.0 Å². The molecule has 1 heterocycles. The molecule has 1 aliphatic rings. The van der Waals surface area contributed by atoms with Gasteiger partial charge in [0.15, 0.2) is 4.77 Å². The monoisotopic (exact) mass is 280 g/mol. The van der Waals surface area contributed by atoms with Crippen LogP contribution in [0.5, 0.6) is 0 Å². The van der Waals surface area contributed by atoms with Crippen molar-refractivity contribution < 1.29 is 0 Å². The van der Waals surface area contributed by atoms with Crippen molar-refractivity contribution in [3.05, 3.63) is 28.0 Å². The Morgan fingerprint density at radius 3 is 2.61 bits per heavy atom. The molecule has 18 heavy (non-hydrogen) atoms. The van der Waals surface area contributed by atoms with Crippen LogP contribution < -0.4 is 0 Å². The van der Waals surface area contributed by atoms with E-state index in [4.69, 9.17) is 23.8 Å². The highest BCUT2D eigenvalue weighted by molar-refractivity contribution is 7.71. The molecule has 2 nitrogen and oxygen atoms in total. The molecule has 1 aromatic heterocycles. The highest BCUT2D eigenvalue weighted by Gasteiger charge is 2.17. The number of H-pyrrole nitrogens is 1. The minimum atomic E-state index is 0.534. The van der Waals surface area contributed by atoms with E-state index in [1.807, 2.05) is 18.2 Å². The first-order valence-electron chi connectivity index (χ1n) is 6.65. The van der Waals surface area contributed by atoms with Gasteiger partial charge in [0.1, 0.15) is 0 Å². The molecule has 3 rings (SSSR count). The van der Waals surface area contributed by atoms with Crippen molar-refractivity contribution in [1.82, 2.24) is 9.55 Å². The van der Waals surface area contributed by atoms with Gasteiger partial charge < -0.3 is 9.55 Å². The third-order valence-corrected chi connectivity index (χ3v) is 4.40. The van der Waals surface area contributed by atoms with Crippen LogP contribution >= 0.6 is 23.8 Å². The Morgan fingerprint density at radius 2 is 1.89 bits per heavy atom. The molecule has 0 saturated heterocycles. The number of hydrogen-bond acceptors (Lipinski definition) is 1.